The van der Waals surface area contributed by atoms with Crippen LogP contribution >= 0.6 is 0 Å². The fraction of sp³-hybridized carbons (Fsp3) is 0.571. The molecule has 0 atom stereocenters. The van der Waals surface area contributed by atoms with Crippen LogP contribution in [0, 0.1) is 13.8 Å². The summed E-state index contributed by atoms with van der Waals surface area (Å²) in [6, 6.07) is 4.20. The van der Waals surface area contributed by atoms with Crippen LogP contribution in [0.4, 0.5) is 0 Å². The minimum atomic E-state index is 0.182. The van der Waals surface area contributed by atoms with E-state index in [9.17, 15) is 0 Å². The van der Waals surface area contributed by atoms with Crippen LogP contribution in [0.3, 0.4) is 0 Å². The van der Waals surface area contributed by atoms with Gasteiger partial charge >= 0.3 is 0 Å². The van der Waals surface area contributed by atoms with Crippen molar-refractivity contribution < 1.29 is 4.74 Å². The number of hydrogen-bond donors (Lipinski definition) is 1. The molecule has 1 aromatic rings. The highest BCUT2D eigenvalue weighted by atomic mass is 16.5. The van der Waals surface area contributed by atoms with Gasteiger partial charge < -0.3 is 10.5 Å². The predicted octanol–water partition coefficient (Wildman–Crippen LogP) is 2.69. The van der Waals surface area contributed by atoms with Gasteiger partial charge in [0.1, 0.15) is 5.75 Å². The standard InChI is InChI=1S/C14H21NO/c1-10-5-6-12(16-3)13(11(10)2)14(9-15)7-4-8-14/h5-6H,4,7-9,15H2,1-3H3. The van der Waals surface area contributed by atoms with Crippen LogP contribution in [0.5, 0.6) is 5.75 Å². The van der Waals surface area contributed by atoms with Gasteiger partial charge in [-0.05, 0) is 43.9 Å². The summed E-state index contributed by atoms with van der Waals surface area (Å²) in [6.07, 6.45) is 3.68. The van der Waals surface area contributed by atoms with Crippen LogP contribution in [0.1, 0.15) is 36.0 Å². The van der Waals surface area contributed by atoms with E-state index in [0.29, 0.717) is 0 Å². The van der Waals surface area contributed by atoms with Gasteiger partial charge in [0.25, 0.3) is 0 Å². The van der Waals surface area contributed by atoms with Crippen LogP contribution in [0.2, 0.25) is 0 Å². The Bertz CT molecular complexity index is 388. The van der Waals surface area contributed by atoms with Crippen molar-refractivity contribution in [3.05, 3.63) is 28.8 Å². The highest BCUT2D eigenvalue weighted by Gasteiger charge is 2.40. The van der Waals surface area contributed by atoms with E-state index < -0.39 is 0 Å². The van der Waals surface area contributed by atoms with Gasteiger partial charge in [-0.2, -0.15) is 0 Å². The van der Waals surface area contributed by atoms with Crippen molar-refractivity contribution in [2.75, 3.05) is 13.7 Å². The van der Waals surface area contributed by atoms with Crippen molar-refractivity contribution >= 4 is 0 Å². The summed E-state index contributed by atoms with van der Waals surface area (Å²) >= 11 is 0. The molecule has 1 saturated carbocycles. The molecule has 88 valence electrons. The van der Waals surface area contributed by atoms with Gasteiger partial charge in [-0.15, -0.1) is 0 Å². The third-order valence-electron chi connectivity index (χ3n) is 4.15. The van der Waals surface area contributed by atoms with Gasteiger partial charge in [-0.25, -0.2) is 0 Å². The lowest BCUT2D eigenvalue weighted by atomic mass is 9.63. The van der Waals surface area contributed by atoms with E-state index in [4.69, 9.17) is 10.5 Å². The monoisotopic (exact) mass is 219 g/mol. The van der Waals surface area contributed by atoms with E-state index in [1.54, 1.807) is 7.11 Å². The summed E-state index contributed by atoms with van der Waals surface area (Å²) in [7, 11) is 1.75. The van der Waals surface area contributed by atoms with E-state index in [1.807, 2.05) is 0 Å². The highest BCUT2D eigenvalue weighted by molar-refractivity contribution is 5.50. The van der Waals surface area contributed by atoms with E-state index in [2.05, 4.69) is 26.0 Å². The largest absolute Gasteiger partial charge is 0.496 e. The zero-order valence-electron chi connectivity index (χ0n) is 10.5. The molecule has 0 bridgehead atoms. The van der Waals surface area contributed by atoms with Crippen LogP contribution in [-0.4, -0.2) is 13.7 Å². The Labute approximate surface area is 97.8 Å². The van der Waals surface area contributed by atoms with E-state index in [-0.39, 0.29) is 5.41 Å². The fourth-order valence-corrected chi connectivity index (χ4v) is 2.78. The lowest BCUT2D eigenvalue weighted by Gasteiger charge is -2.43. The maximum atomic E-state index is 5.99. The molecule has 1 aliphatic rings. The average molecular weight is 219 g/mol. The van der Waals surface area contributed by atoms with Gasteiger partial charge in [0.05, 0.1) is 7.11 Å². The molecular formula is C14H21NO. The molecule has 0 unspecified atom stereocenters. The molecule has 1 aromatic carbocycles. The second kappa shape index (κ2) is 4.10. The fourth-order valence-electron chi connectivity index (χ4n) is 2.78. The zero-order valence-corrected chi connectivity index (χ0v) is 10.5. The predicted molar refractivity (Wildman–Crippen MR) is 67.1 cm³/mol. The van der Waals surface area contributed by atoms with Gasteiger partial charge in [0.2, 0.25) is 0 Å². The van der Waals surface area contributed by atoms with Gasteiger partial charge in [-0.1, -0.05) is 12.5 Å². The molecule has 2 heteroatoms. The normalized spacial score (nSPS) is 18.0. The summed E-state index contributed by atoms with van der Waals surface area (Å²) < 4.78 is 5.51. The molecule has 0 amide bonds. The second-order valence-corrected chi connectivity index (χ2v) is 4.92. The second-order valence-electron chi connectivity index (χ2n) is 4.92. The summed E-state index contributed by atoms with van der Waals surface area (Å²) in [5, 5.41) is 0. The molecule has 0 radical (unpaired) electrons. The Balaban J connectivity index is 2.56. The Kier molecular flexibility index (Phi) is 2.94. The molecule has 2 N–H and O–H groups in total. The summed E-state index contributed by atoms with van der Waals surface area (Å²) in [5.74, 6) is 1.01. The third kappa shape index (κ3) is 1.52. The SMILES string of the molecule is COc1ccc(C)c(C)c1C1(CN)CCC1. The minimum absolute atomic E-state index is 0.182. The Morgan fingerprint density at radius 3 is 2.44 bits per heavy atom. The lowest BCUT2D eigenvalue weighted by Crippen LogP contribution is -2.42. The molecule has 0 saturated heterocycles. The number of nitrogens with two attached hydrogens (primary N) is 1. The number of benzene rings is 1. The van der Waals surface area contributed by atoms with Gasteiger partial charge in [0, 0.05) is 17.5 Å². The molecule has 16 heavy (non-hydrogen) atoms. The molecule has 0 spiro atoms. The topological polar surface area (TPSA) is 35.2 Å². The Morgan fingerprint density at radius 1 is 1.31 bits per heavy atom. The highest BCUT2D eigenvalue weighted by Crippen LogP contribution is 2.48. The summed E-state index contributed by atoms with van der Waals surface area (Å²) in [4.78, 5) is 0. The van der Waals surface area contributed by atoms with E-state index in [0.717, 1.165) is 12.3 Å². The van der Waals surface area contributed by atoms with Crippen molar-refractivity contribution in [3.8, 4) is 5.75 Å². The van der Waals surface area contributed by atoms with Crippen molar-refractivity contribution in [2.24, 2.45) is 5.73 Å². The van der Waals surface area contributed by atoms with Gasteiger partial charge in [0.15, 0.2) is 0 Å². The molecule has 0 aromatic heterocycles. The first kappa shape index (κ1) is 11.5. The van der Waals surface area contributed by atoms with Crippen molar-refractivity contribution in [1.29, 1.82) is 0 Å². The van der Waals surface area contributed by atoms with Crippen LogP contribution < -0.4 is 10.5 Å². The minimum Gasteiger partial charge on any atom is -0.496 e. The Hall–Kier alpha value is -1.02. The van der Waals surface area contributed by atoms with Crippen LogP contribution in [0.15, 0.2) is 12.1 Å². The third-order valence-corrected chi connectivity index (χ3v) is 4.15. The lowest BCUT2D eigenvalue weighted by molar-refractivity contribution is 0.242. The molecule has 1 fully saturated rings. The van der Waals surface area contributed by atoms with Crippen molar-refractivity contribution in [3.63, 3.8) is 0 Å². The number of hydrogen-bond acceptors (Lipinski definition) is 2. The number of aryl methyl sites for hydroxylation is 1. The number of ether oxygens (including phenoxy) is 1. The van der Waals surface area contributed by atoms with Crippen molar-refractivity contribution in [2.45, 2.75) is 38.5 Å². The van der Waals surface area contributed by atoms with E-state index >= 15 is 0 Å². The molecule has 2 rings (SSSR count). The maximum Gasteiger partial charge on any atom is 0.122 e. The first-order valence-corrected chi connectivity index (χ1v) is 5.99. The molecular weight excluding hydrogens is 198 g/mol. The first-order valence-electron chi connectivity index (χ1n) is 5.99. The van der Waals surface area contributed by atoms with Gasteiger partial charge in [-0.3, -0.25) is 0 Å². The summed E-state index contributed by atoms with van der Waals surface area (Å²) in [6.45, 7) is 5.07. The smallest absolute Gasteiger partial charge is 0.122 e. The number of methoxy groups -OCH3 is 1. The first-order chi connectivity index (χ1) is 7.64. The average Bonchev–Trinajstić information content (AvgIpc) is 2.23. The molecule has 0 aliphatic heterocycles. The number of rotatable bonds is 3. The van der Waals surface area contributed by atoms with Crippen LogP contribution in [0.25, 0.3) is 0 Å². The molecule has 0 heterocycles. The van der Waals surface area contributed by atoms with E-state index in [1.165, 1.54) is 36.0 Å². The zero-order chi connectivity index (χ0) is 11.8. The van der Waals surface area contributed by atoms with Crippen LogP contribution in [-0.2, 0) is 5.41 Å². The Morgan fingerprint density at radius 2 is 2.00 bits per heavy atom. The van der Waals surface area contributed by atoms with Crippen molar-refractivity contribution in [1.82, 2.24) is 0 Å². The molecule has 2 nitrogen and oxygen atoms in total. The quantitative estimate of drug-likeness (QED) is 0.848. The molecule has 1 aliphatic carbocycles. The maximum absolute atomic E-state index is 5.99. The summed E-state index contributed by atoms with van der Waals surface area (Å²) in [5.41, 5.74) is 10.2.